The highest BCUT2D eigenvalue weighted by molar-refractivity contribution is 5.90. The summed E-state index contributed by atoms with van der Waals surface area (Å²) in [5.41, 5.74) is 2.14. The number of fused-ring (bicyclic) bond motifs is 1. The smallest absolute Gasteiger partial charge is 0.227 e. The summed E-state index contributed by atoms with van der Waals surface area (Å²) >= 11 is 0. The molecule has 0 aliphatic carbocycles. The van der Waals surface area contributed by atoms with Crippen molar-refractivity contribution in [2.24, 2.45) is 13.0 Å². The first-order valence-corrected chi connectivity index (χ1v) is 8.99. The number of amides is 1. The molecular formula is C21H23N3O2. The molecule has 1 N–H and O–H groups in total. The van der Waals surface area contributed by atoms with Crippen LogP contribution in [0.2, 0.25) is 0 Å². The van der Waals surface area contributed by atoms with Gasteiger partial charge in [-0.1, -0.05) is 42.5 Å². The molecule has 1 aliphatic heterocycles. The van der Waals surface area contributed by atoms with Gasteiger partial charge in [0.05, 0.1) is 12.6 Å². The van der Waals surface area contributed by atoms with E-state index in [2.05, 4.69) is 23.3 Å². The zero-order chi connectivity index (χ0) is 18.1. The molecule has 0 saturated carbocycles. The van der Waals surface area contributed by atoms with Crippen molar-refractivity contribution in [3.8, 4) is 0 Å². The molecular weight excluding hydrogens is 326 g/mol. The molecule has 5 heteroatoms. The van der Waals surface area contributed by atoms with Crippen molar-refractivity contribution in [3.63, 3.8) is 0 Å². The van der Waals surface area contributed by atoms with Crippen LogP contribution in [0.15, 0.2) is 54.9 Å². The van der Waals surface area contributed by atoms with Gasteiger partial charge in [-0.15, -0.1) is 0 Å². The lowest BCUT2D eigenvalue weighted by Gasteiger charge is -2.17. The van der Waals surface area contributed by atoms with Gasteiger partial charge in [0.2, 0.25) is 5.91 Å². The van der Waals surface area contributed by atoms with Crippen LogP contribution in [0.5, 0.6) is 0 Å². The van der Waals surface area contributed by atoms with Crippen molar-refractivity contribution in [2.75, 3.05) is 19.7 Å². The summed E-state index contributed by atoms with van der Waals surface area (Å²) in [5, 5.41) is 16.3. The van der Waals surface area contributed by atoms with E-state index in [4.69, 9.17) is 0 Å². The van der Waals surface area contributed by atoms with Crippen LogP contribution in [0.3, 0.4) is 0 Å². The average molecular weight is 349 g/mol. The minimum atomic E-state index is 0.0654. The average Bonchev–Trinajstić information content (AvgIpc) is 3.28. The first-order chi connectivity index (χ1) is 12.7. The summed E-state index contributed by atoms with van der Waals surface area (Å²) in [7, 11) is 1.88. The SMILES string of the molecule is Cn1cc([C@@H]2CN(C(=O)Cc3cccc4ccccc34)C[C@H]2CO)cn1. The normalized spacial score (nSPS) is 20.0. The highest BCUT2D eigenvalue weighted by Crippen LogP contribution is 2.32. The Balaban J connectivity index is 1.53. The third kappa shape index (κ3) is 3.10. The molecule has 1 aliphatic rings. The first kappa shape index (κ1) is 16.8. The van der Waals surface area contributed by atoms with E-state index >= 15 is 0 Å². The highest BCUT2D eigenvalue weighted by atomic mass is 16.3. The van der Waals surface area contributed by atoms with Gasteiger partial charge in [0, 0.05) is 44.8 Å². The molecule has 0 spiro atoms. The third-order valence-corrected chi connectivity index (χ3v) is 5.40. The molecule has 0 radical (unpaired) electrons. The Labute approximate surface area is 152 Å². The largest absolute Gasteiger partial charge is 0.396 e. The highest BCUT2D eigenvalue weighted by Gasteiger charge is 2.36. The van der Waals surface area contributed by atoms with Gasteiger partial charge in [0.25, 0.3) is 0 Å². The second-order valence-electron chi connectivity index (χ2n) is 7.11. The van der Waals surface area contributed by atoms with Crippen LogP contribution in [-0.2, 0) is 18.3 Å². The van der Waals surface area contributed by atoms with Gasteiger partial charge in [0.15, 0.2) is 0 Å². The second kappa shape index (κ2) is 6.92. The predicted octanol–water partition coefficient (Wildman–Crippen LogP) is 2.35. The van der Waals surface area contributed by atoms with Gasteiger partial charge in [-0.05, 0) is 21.9 Å². The Morgan fingerprint density at radius 1 is 1.19 bits per heavy atom. The van der Waals surface area contributed by atoms with Crippen molar-refractivity contribution in [1.29, 1.82) is 0 Å². The quantitative estimate of drug-likeness (QED) is 0.787. The van der Waals surface area contributed by atoms with E-state index in [1.54, 1.807) is 4.68 Å². The molecule has 1 fully saturated rings. The van der Waals surface area contributed by atoms with Crippen LogP contribution >= 0.6 is 0 Å². The molecule has 0 bridgehead atoms. The van der Waals surface area contributed by atoms with Crippen molar-refractivity contribution in [3.05, 3.63) is 66.0 Å². The molecule has 3 aromatic rings. The number of aromatic nitrogens is 2. The minimum Gasteiger partial charge on any atom is -0.396 e. The number of carbonyl (C=O) groups is 1. The zero-order valence-corrected chi connectivity index (χ0v) is 14.9. The first-order valence-electron chi connectivity index (χ1n) is 8.99. The van der Waals surface area contributed by atoms with E-state index in [9.17, 15) is 9.90 Å². The molecule has 1 aromatic heterocycles. The van der Waals surface area contributed by atoms with E-state index in [-0.39, 0.29) is 24.3 Å². The number of hydrogen-bond donors (Lipinski definition) is 1. The lowest BCUT2D eigenvalue weighted by Crippen LogP contribution is -2.30. The monoisotopic (exact) mass is 349 g/mol. The zero-order valence-electron chi connectivity index (χ0n) is 14.9. The molecule has 26 heavy (non-hydrogen) atoms. The Morgan fingerprint density at radius 2 is 2.00 bits per heavy atom. The topological polar surface area (TPSA) is 58.4 Å². The molecule has 134 valence electrons. The van der Waals surface area contributed by atoms with Gasteiger partial charge in [-0.25, -0.2) is 0 Å². The summed E-state index contributed by atoms with van der Waals surface area (Å²) in [6, 6.07) is 14.3. The molecule has 1 saturated heterocycles. The van der Waals surface area contributed by atoms with E-state index in [1.807, 2.05) is 48.6 Å². The molecule has 1 amide bonds. The van der Waals surface area contributed by atoms with Crippen LogP contribution in [0.25, 0.3) is 10.8 Å². The van der Waals surface area contributed by atoms with Crippen molar-refractivity contribution < 1.29 is 9.90 Å². The van der Waals surface area contributed by atoms with E-state index < -0.39 is 0 Å². The molecule has 5 nitrogen and oxygen atoms in total. The maximum Gasteiger partial charge on any atom is 0.227 e. The number of aliphatic hydroxyl groups excluding tert-OH is 1. The summed E-state index contributed by atoms with van der Waals surface area (Å²) < 4.78 is 1.77. The van der Waals surface area contributed by atoms with E-state index in [0.29, 0.717) is 19.5 Å². The molecule has 4 rings (SSSR count). The number of carbonyl (C=O) groups excluding carboxylic acids is 1. The third-order valence-electron chi connectivity index (χ3n) is 5.40. The predicted molar refractivity (Wildman–Crippen MR) is 101 cm³/mol. The number of benzene rings is 2. The fourth-order valence-corrected chi connectivity index (χ4v) is 3.99. The van der Waals surface area contributed by atoms with Crippen LogP contribution < -0.4 is 0 Å². The van der Waals surface area contributed by atoms with Gasteiger partial charge < -0.3 is 10.0 Å². The van der Waals surface area contributed by atoms with Crippen LogP contribution in [-0.4, -0.2) is 45.4 Å². The molecule has 0 unspecified atom stereocenters. The lowest BCUT2D eigenvalue weighted by atomic mass is 9.92. The Kier molecular flexibility index (Phi) is 4.47. The van der Waals surface area contributed by atoms with E-state index in [1.165, 1.54) is 0 Å². The number of hydrogen-bond acceptors (Lipinski definition) is 3. The molecule has 2 heterocycles. The lowest BCUT2D eigenvalue weighted by molar-refractivity contribution is -0.129. The number of aliphatic hydroxyl groups is 1. The second-order valence-corrected chi connectivity index (χ2v) is 7.11. The van der Waals surface area contributed by atoms with Crippen molar-refractivity contribution in [2.45, 2.75) is 12.3 Å². The van der Waals surface area contributed by atoms with Crippen LogP contribution in [0.1, 0.15) is 17.0 Å². The minimum absolute atomic E-state index is 0.0654. The number of likely N-dealkylation sites (tertiary alicyclic amines) is 1. The van der Waals surface area contributed by atoms with Crippen LogP contribution in [0.4, 0.5) is 0 Å². The van der Waals surface area contributed by atoms with Gasteiger partial charge >= 0.3 is 0 Å². The van der Waals surface area contributed by atoms with E-state index in [0.717, 1.165) is 21.9 Å². The standard InChI is InChI=1S/C21H23N3O2/c1-23-11-17(10-22-23)20-13-24(12-18(20)14-25)21(26)9-16-7-4-6-15-5-2-3-8-19(15)16/h2-8,10-11,18,20,25H,9,12-14H2,1H3/t18-,20-/m0/s1. The molecule has 2 atom stereocenters. The fraction of sp³-hybridized carbons (Fsp3) is 0.333. The Morgan fingerprint density at radius 3 is 2.77 bits per heavy atom. The number of aryl methyl sites for hydroxylation is 1. The van der Waals surface area contributed by atoms with Crippen molar-refractivity contribution >= 4 is 16.7 Å². The maximum absolute atomic E-state index is 12.9. The summed E-state index contributed by atoms with van der Waals surface area (Å²) in [6.07, 6.45) is 4.21. The maximum atomic E-state index is 12.9. The van der Waals surface area contributed by atoms with Gasteiger partial charge in [0.1, 0.15) is 0 Å². The molecule has 2 aromatic carbocycles. The van der Waals surface area contributed by atoms with Crippen LogP contribution in [0, 0.1) is 5.92 Å². The summed E-state index contributed by atoms with van der Waals surface area (Å²) in [6.45, 7) is 1.32. The summed E-state index contributed by atoms with van der Waals surface area (Å²) in [4.78, 5) is 14.8. The number of rotatable bonds is 4. The number of nitrogens with zero attached hydrogens (tertiary/aromatic N) is 3. The van der Waals surface area contributed by atoms with Crippen molar-refractivity contribution in [1.82, 2.24) is 14.7 Å². The van der Waals surface area contributed by atoms with Gasteiger partial charge in [-0.3, -0.25) is 9.48 Å². The Bertz CT molecular complexity index is 928. The van der Waals surface area contributed by atoms with Gasteiger partial charge in [-0.2, -0.15) is 5.10 Å². The Hall–Kier alpha value is -2.66. The fourth-order valence-electron chi connectivity index (χ4n) is 3.99. The summed E-state index contributed by atoms with van der Waals surface area (Å²) in [5.74, 6) is 0.326.